The van der Waals surface area contributed by atoms with E-state index in [9.17, 15) is 0 Å². The Morgan fingerprint density at radius 3 is 1.31 bits per heavy atom. The number of rotatable bonds is 1. The average Bonchev–Trinajstić information content (AvgIpc) is 2.77. The van der Waals surface area contributed by atoms with Gasteiger partial charge in [0.25, 0.3) is 0 Å². The van der Waals surface area contributed by atoms with Gasteiger partial charge < -0.3 is 9.05 Å². The molecule has 2 aromatic rings. The quantitative estimate of drug-likeness (QED) is 0.326. The lowest BCUT2D eigenvalue weighted by atomic mass is 9.68. The van der Waals surface area contributed by atoms with Crippen LogP contribution < -0.4 is 9.05 Å². The van der Waals surface area contributed by atoms with Crippen molar-refractivity contribution in [2.75, 3.05) is 0 Å². The smallest absolute Gasteiger partial charge is 0.414 e. The van der Waals surface area contributed by atoms with Gasteiger partial charge in [-0.2, -0.15) is 0 Å². The molecule has 4 rings (SSSR count). The van der Waals surface area contributed by atoms with Crippen molar-refractivity contribution < 1.29 is 13.2 Å². The molecule has 0 radical (unpaired) electrons. The largest absolute Gasteiger partial charge is 0.505 e. The molecule has 0 N–H and O–H groups in total. The van der Waals surface area contributed by atoms with Crippen LogP contribution in [0.1, 0.15) is 154 Å². The van der Waals surface area contributed by atoms with Gasteiger partial charge in [0.1, 0.15) is 11.5 Å². The molecule has 0 spiro atoms. The number of hydrogen-bond donors (Lipinski definition) is 0. The van der Waals surface area contributed by atoms with Crippen LogP contribution in [0.4, 0.5) is 4.20 Å². The molecule has 1 aliphatic carbocycles. The molecule has 2 aromatic carbocycles. The van der Waals surface area contributed by atoms with Gasteiger partial charge >= 0.3 is 8.69 Å². The fraction of sp³-hybridized carbons (Fsp3) is 0.657. The summed E-state index contributed by atoms with van der Waals surface area (Å²) in [7, 11) is -2.65. The topological polar surface area (TPSA) is 18.5 Å². The molecule has 0 atom stereocenters. The van der Waals surface area contributed by atoms with Gasteiger partial charge in [0, 0.05) is 28.2 Å². The van der Waals surface area contributed by atoms with E-state index >= 15 is 4.20 Å². The van der Waals surface area contributed by atoms with Crippen molar-refractivity contribution in [1.29, 1.82) is 0 Å². The summed E-state index contributed by atoms with van der Waals surface area (Å²) in [6.45, 7) is 26.9. The van der Waals surface area contributed by atoms with E-state index in [1.807, 2.05) is 0 Å². The van der Waals surface area contributed by atoms with Crippen molar-refractivity contribution in [3.05, 3.63) is 57.6 Å². The van der Waals surface area contributed by atoms with Crippen LogP contribution in [0.25, 0.3) is 0 Å². The van der Waals surface area contributed by atoms with E-state index in [4.69, 9.17) is 9.05 Å². The van der Waals surface area contributed by atoms with E-state index in [1.54, 1.807) is 0 Å². The van der Waals surface area contributed by atoms with Crippen molar-refractivity contribution in [3.8, 4) is 11.5 Å². The lowest BCUT2D eigenvalue weighted by Crippen LogP contribution is -2.26. The molecule has 1 fully saturated rings. The maximum atomic E-state index is 16.0. The maximum Gasteiger partial charge on any atom is 0.505 e. The number of halogens is 1. The Labute approximate surface area is 239 Å². The van der Waals surface area contributed by atoms with Gasteiger partial charge in [-0.15, -0.1) is 4.20 Å². The number of fused-ring (bicyclic) bond motifs is 2. The second-order valence-corrected chi connectivity index (χ2v) is 16.9. The van der Waals surface area contributed by atoms with Crippen LogP contribution in [-0.4, -0.2) is 0 Å². The van der Waals surface area contributed by atoms with Crippen molar-refractivity contribution in [3.63, 3.8) is 0 Å². The maximum absolute atomic E-state index is 16.0. The Hall–Kier alpha value is -1.60. The lowest BCUT2D eigenvalue weighted by Gasteiger charge is -2.39. The molecule has 39 heavy (non-hydrogen) atoms. The highest BCUT2D eigenvalue weighted by molar-refractivity contribution is 7.42. The number of hydrogen-bond acceptors (Lipinski definition) is 2. The van der Waals surface area contributed by atoms with Gasteiger partial charge in [-0.1, -0.05) is 127 Å². The predicted molar refractivity (Wildman–Crippen MR) is 165 cm³/mol. The highest BCUT2D eigenvalue weighted by Crippen LogP contribution is 2.58. The summed E-state index contributed by atoms with van der Waals surface area (Å²) in [6.07, 6.45) is 6.10. The standard InChI is InChI=1S/C35H52FO2P/c1-32(2,3)23-18-25-29(22-16-14-13-15-17-22)26-19-24(33(4,5)6)21-28(35(10,11)12)31(26)38-39(36)37-30(25)27(20-23)34(7,8)9/h18-22,29H,13-17H2,1-12H3. The molecule has 1 saturated carbocycles. The Morgan fingerprint density at radius 2 is 0.974 bits per heavy atom. The minimum absolute atomic E-state index is 0.0435. The molecule has 0 saturated heterocycles. The van der Waals surface area contributed by atoms with Gasteiger partial charge in [0.15, 0.2) is 0 Å². The van der Waals surface area contributed by atoms with E-state index in [2.05, 4.69) is 107 Å². The van der Waals surface area contributed by atoms with Gasteiger partial charge in [0.2, 0.25) is 0 Å². The highest BCUT2D eigenvalue weighted by Gasteiger charge is 2.41. The van der Waals surface area contributed by atoms with Gasteiger partial charge in [0.05, 0.1) is 0 Å². The van der Waals surface area contributed by atoms with E-state index in [0.717, 1.165) is 22.3 Å². The summed E-state index contributed by atoms with van der Waals surface area (Å²) in [5.74, 6) is 1.97. The molecule has 1 heterocycles. The van der Waals surface area contributed by atoms with E-state index in [-0.39, 0.29) is 27.6 Å². The third-order valence-corrected chi connectivity index (χ3v) is 9.35. The summed E-state index contributed by atoms with van der Waals surface area (Å²) in [5.41, 5.74) is 6.52. The first-order chi connectivity index (χ1) is 17.8. The molecule has 1 aliphatic heterocycles. The van der Waals surface area contributed by atoms with E-state index < -0.39 is 8.69 Å². The van der Waals surface area contributed by atoms with Crippen LogP contribution in [0.3, 0.4) is 0 Å². The highest BCUT2D eigenvalue weighted by atomic mass is 31.2. The predicted octanol–water partition coefficient (Wildman–Crippen LogP) is 11.6. The zero-order valence-electron chi connectivity index (χ0n) is 26.6. The molecular weight excluding hydrogens is 502 g/mol. The second-order valence-electron chi connectivity index (χ2n) is 16.2. The third-order valence-electron chi connectivity index (χ3n) is 8.70. The van der Waals surface area contributed by atoms with Crippen LogP contribution in [-0.2, 0) is 21.7 Å². The summed E-state index contributed by atoms with van der Waals surface area (Å²) in [5, 5.41) is 0. The molecular formula is C35H52FO2P. The van der Waals surface area contributed by atoms with Crippen molar-refractivity contribution >= 4 is 8.69 Å². The first-order valence-electron chi connectivity index (χ1n) is 15.0. The molecule has 0 aromatic heterocycles. The number of benzene rings is 2. The summed E-state index contributed by atoms with van der Waals surface area (Å²) < 4.78 is 28.5. The minimum Gasteiger partial charge on any atom is -0.414 e. The lowest BCUT2D eigenvalue weighted by molar-refractivity contribution is 0.313. The zero-order valence-corrected chi connectivity index (χ0v) is 27.5. The molecule has 0 unspecified atom stereocenters. The summed E-state index contributed by atoms with van der Waals surface area (Å²) >= 11 is 0. The molecule has 0 bridgehead atoms. The minimum atomic E-state index is -2.65. The fourth-order valence-corrected chi connectivity index (χ4v) is 6.99. The van der Waals surface area contributed by atoms with Gasteiger partial charge in [-0.3, -0.25) is 0 Å². The first kappa shape index (κ1) is 30.4. The molecule has 216 valence electrons. The van der Waals surface area contributed by atoms with Gasteiger partial charge in [-0.05, 0) is 51.5 Å². The van der Waals surface area contributed by atoms with Crippen LogP contribution in [0.5, 0.6) is 11.5 Å². The normalized spacial score (nSPS) is 21.3. The van der Waals surface area contributed by atoms with Crippen molar-refractivity contribution in [1.82, 2.24) is 0 Å². The average molecular weight is 555 g/mol. The summed E-state index contributed by atoms with van der Waals surface area (Å²) in [6, 6.07) is 9.22. The van der Waals surface area contributed by atoms with Crippen LogP contribution in [0, 0.1) is 5.92 Å². The SMILES string of the molecule is CC(C)(C)c1cc2c(c(C(C)(C)C)c1)OP(F)Oc1c(cc(C(C)(C)C)cc1C(C)(C)C)C2C1CCCCC1. The summed E-state index contributed by atoms with van der Waals surface area (Å²) in [4.78, 5) is 0. The fourth-order valence-electron chi connectivity index (χ4n) is 6.25. The molecule has 2 aliphatic rings. The second kappa shape index (κ2) is 10.3. The van der Waals surface area contributed by atoms with Crippen molar-refractivity contribution in [2.45, 2.75) is 143 Å². The van der Waals surface area contributed by atoms with Gasteiger partial charge in [-0.25, -0.2) is 0 Å². The Balaban J connectivity index is 2.17. The molecule has 4 heteroatoms. The monoisotopic (exact) mass is 554 g/mol. The molecule has 2 nitrogen and oxygen atoms in total. The van der Waals surface area contributed by atoms with Crippen LogP contribution in [0.2, 0.25) is 0 Å². The van der Waals surface area contributed by atoms with E-state index in [0.29, 0.717) is 17.4 Å². The van der Waals surface area contributed by atoms with Crippen LogP contribution >= 0.6 is 8.69 Å². The Bertz CT molecular complexity index is 1110. The first-order valence-corrected chi connectivity index (χ1v) is 16.0. The third kappa shape index (κ3) is 6.34. The Kier molecular flexibility index (Phi) is 8.05. The van der Waals surface area contributed by atoms with Crippen molar-refractivity contribution in [2.24, 2.45) is 5.92 Å². The molecule has 0 amide bonds. The van der Waals surface area contributed by atoms with Crippen LogP contribution in [0.15, 0.2) is 24.3 Å². The Morgan fingerprint density at radius 1 is 0.590 bits per heavy atom. The zero-order chi connectivity index (χ0) is 29.1. The van der Waals surface area contributed by atoms with E-state index in [1.165, 1.54) is 43.2 Å².